The number of hydrogen-bond acceptors (Lipinski definition) is 9. The number of esters is 2. The molecule has 0 aliphatic carbocycles. The lowest BCUT2D eigenvalue weighted by molar-refractivity contribution is 0.0600. The predicted octanol–water partition coefficient (Wildman–Crippen LogP) is 4.63. The molecule has 5 rings (SSSR count). The quantitative estimate of drug-likeness (QED) is 0.302. The van der Waals surface area contributed by atoms with Gasteiger partial charge in [0.25, 0.3) is 0 Å². The van der Waals surface area contributed by atoms with Gasteiger partial charge in [0.1, 0.15) is 22.8 Å². The topological polar surface area (TPSA) is 110 Å². The second kappa shape index (κ2) is 8.86. The van der Waals surface area contributed by atoms with E-state index in [0.717, 1.165) is 0 Å². The molecule has 1 aliphatic rings. The van der Waals surface area contributed by atoms with E-state index in [9.17, 15) is 14.4 Å². The van der Waals surface area contributed by atoms with Crippen LogP contribution >= 0.6 is 0 Å². The van der Waals surface area contributed by atoms with Gasteiger partial charge in [-0.05, 0) is 61.5 Å². The van der Waals surface area contributed by atoms with Crippen molar-refractivity contribution in [3.8, 4) is 28.7 Å². The van der Waals surface area contributed by atoms with Crippen molar-refractivity contribution in [1.82, 2.24) is 0 Å². The Hall–Kier alpha value is -4.79. The molecule has 4 aromatic rings. The summed E-state index contributed by atoms with van der Waals surface area (Å²) >= 11 is 0. The van der Waals surface area contributed by atoms with E-state index in [4.69, 9.17) is 23.4 Å². The first-order valence-electron chi connectivity index (χ1n) is 10.5. The van der Waals surface area contributed by atoms with Crippen molar-refractivity contribution in [3.63, 3.8) is 0 Å². The summed E-state index contributed by atoms with van der Waals surface area (Å²) in [5, 5.41) is 0.250. The zero-order valence-electron chi connectivity index (χ0n) is 18.7. The molecule has 0 fully saturated rings. The molecule has 0 amide bonds. The molecule has 0 spiro atoms. The van der Waals surface area contributed by atoms with Gasteiger partial charge in [-0.2, -0.15) is 0 Å². The van der Waals surface area contributed by atoms with E-state index in [1.54, 1.807) is 31.2 Å². The van der Waals surface area contributed by atoms with E-state index in [-0.39, 0.29) is 40.6 Å². The third kappa shape index (κ3) is 4.26. The van der Waals surface area contributed by atoms with Gasteiger partial charge in [-0.15, -0.1) is 0 Å². The fourth-order valence-electron chi connectivity index (χ4n) is 3.53. The maximum atomic E-state index is 13.0. The van der Waals surface area contributed by atoms with E-state index in [0.29, 0.717) is 22.8 Å². The molecule has 3 aromatic carbocycles. The molecule has 1 aliphatic heterocycles. The van der Waals surface area contributed by atoms with E-state index in [1.165, 1.54) is 43.5 Å². The molecule has 2 heterocycles. The number of ether oxygens (including phenoxy) is 5. The molecule has 9 heteroatoms. The molecule has 0 radical (unpaired) electrons. The maximum Gasteiger partial charge on any atom is 0.343 e. The molecule has 0 unspecified atom stereocenters. The van der Waals surface area contributed by atoms with Crippen LogP contribution in [0.15, 0.2) is 69.9 Å². The van der Waals surface area contributed by atoms with Crippen LogP contribution in [0.5, 0.6) is 28.7 Å². The number of aryl methyl sites for hydroxylation is 1. The molecule has 0 atom stereocenters. The summed E-state index contributed by atoms with van der Waals surface area (Å²) < 4.78 is 32.2. The van der Waals surface area contributed by atoms with E-state index >= 15 is 0 Å². The average molecular weight is 474 g/mol. The Balaban J connectivity index is 1.38. The highest BCUT2D eigenvalue weighted by Gasteiger charge is 2.19. The van der Waals surface area contributed by atoms with Gasteiger partial charge in [0, 0.05) is 6.07 Å². The van der Waals surface area contributed by atoms with Crippen LogP contribution in [0.1, 0.15) is 26.5 Å². The van der Waals surface area contributed by atoms with Gasteiger partial charge in [-0.25, -0.2) is 9.59 Å². The van der Waals surface area contributed by atoms with Crippen molar-refractivity contribution < 1.29 is 37.7 Å². The second-order valence-electron chi connectivity index (χ2n) is 7.55. The van der Waals surface area contributed by atoms with Gasteiger partial charge in [0.05, 0.1) is 23.6 Å². The Morgan fingerprint density at radius 1 is 0.829 bits per heavy atom. The smallest absolute Gasteiger partial charge is 0.343 e. The number of benzene rings is 3. The first-order chi connectivity index (χ1) is 16.9. The largest absolute Gasteiger partial charge is 0.465 e. The van der Waals surface area contributed by atoms with Crippen LogP contribution in [-0.2, 0) is 4.74 Å². The van der Waals surface area contributed by atoms with Crippen molar-refractivity contribution in [2.24, 2.45) is 0 Å². The van der Waals surface area contributed by atoms with Gasteiger partial charge in [-0.3, -0.25) is 4.79 Å². The molecular weight excluding hydrogens is 456 g/mol. The summed E-state index contributed by atoms with van der Waals surface area (Å²) in [7, 11) is 1.29. The Morgan fingerprint density at radius 2 is 1.54 bits per heavy atom. The Morgan fingerprint density at radius 3 is 2.31 bits per heavy atom. The number of hydrogen-bond donors (Lipinski definition) is 0. The lowest BCUT2D eigenvalue weighted by Crippen LogP contribution is -2.10. The van der Waals surface area contributed by atoms with Gasteiger partial charge < -0.3 is 28.1 Å². The highest BCUT2D eigenvalue weighted by molar-refractivity contribution is 5.92. The number of methoxy groups -OCH3 is 1. The number of carbonyl (C=O) groups excluding carboxylic acids is 2. The van der Waals surface area contributed by atoms with Crippen molar-refractivity contribution >= 4 is 22.9 Å². The fourth-order valence-corrected chi connectivity index (χ4v) is 3.53. The normalized spacial score (nSPS) is 11.8. The molecule has 9 nitrogen and oxygen atoms in total. The first kappa shape index (κ1) is 22.0. The third-order valence-corrected chi connectivity index (χ3v) is 5.30. The van der Waals surface area contributed by atoms with Crippen LogP contribution in [0.25, 0.3) is 11.0 Å². The number of fused-ring (bicyclic) bond motifs is 2. The summed E-state index contributed by atoms with van der Waals surface area (Å²) in [6.07, 6.45) is 0. The molecule has 0 saturated heterocycles. The van der Waals surface area contributed by atoms with Crippen molar-refractivity contribution in [1.29, 1.82) is 0 Å². The van der Waals surface area contributed by atoms with Gasteiger partial charge in [0.2, 0.25) is 18.0 Å². The molecule has 176 valence electrons. The molecule has 0 bridgehead atoms. The monoisotopic (exact) mass is 474 g/mol. The van der Waals surface area contributed by atoms with Crippen LogP contribution in [0.4, 0.5) is 0 Å². The SMILES string of the molecule is COC(=O)c1ccc(Oc2c(C)oc3cc(OC(=O)c4ccc5c(c4)OCO5)ccc3c2=O)cc1. The zero-order valence-corrected chi connectivity index (χ0v) is 18.7. The predicted molar refractivity (Wildman–Crippen MR) is 123 cm³/mol. The van der Waals surface area contributed by atoms with E-state index in [2.05, 4.69) is 4.74 Å². The van der Waals surface area contributed by atoms with Crippen LogP contribution in [0.3, 0.4) is 0 Å². The third-order valence-electron chi connectivity index (χ3n) is 5.30. The summed E-state index contributed by atoms with van der Waals surface area (Å²) in [6, 6.07) is 15.3. The van der Waals surface area contributed by atoms with Crippen LogP contribution in [0.2, 0.25) is 0 Å². The molecule has 1 aromatic heterocycles. The number of carbonyl (C=O) groups is 2. The van der Waals surface area contributed by atoms with E-state index in [1.807, 2.05) is 0 Å². The minimum atomic E-state index is -0.600. The standard InChI is InChI=1S/C26H18O9/c1-14-24(34-17-6-3-15(4-7-17)25(28)30-2)23(27)19-9-8-18(12-21(19)33-14)35-26(29)16-5-10-20-22(11-16)32-13-31-20/h3-12H,13H2,1-2H3. The Bertz CT molecular complexity index is 1520. The summed E-state index contributed by atoms with van der Waals surface area (Å²) in [5.41, 5.74) is 0.477. The van der Waals surface area contributed by atoms with Crippen molar-refractivity contribution in [2.45, 2.75) is 6.92 Å². The highest BCUT2D eigenvalue weighted by atomic mass is 16.7. The van der Waals surface area contributed by atoms with Crippen molar-refractivity contribution in [3.05, 3.63) is 87.8 Å². The second-order valence-corrected chi connectivity index (χ2v) is 7.55. The molecule has 0 N–H and O–H groups in total. The first-order valence-corrected chi connectivity index (χ1v) is 10.5. The molecular formula is C26H18O9. The van der Waals surface area contributed by atoms with E-state index < -0.39 is 17.4 Å². The maximum absolute atomic E-state index is 13.0. The van der Waals surface area contributed by atoms with Crippen LogP contribution in [-0.4, -0.2) is 25.8 Å². The van der Waals surface area contributed by atoms with Crippen LogP contribution in [0, 0.1) is 6.92 Å². The lowest BCUT2D eigenvalue weighted by Gasteiger charge is -2.10. The van der Waals surface area contributed by atoms with Gasteiger partial charge >= 0.3 is 11.9 Å². The highest BCUT2D eigenvalue weighted by Crippen LogP contribution is 2.33. The number of rotatable bonds is 5. The minimum Gasteiger partial charge on any atom is -0.465 e. The Kier molecular flexibility index (Phi) is 5.58. The summed E-state index contributed by atoms with van der Waals surface area (Å²) in [4.78, 5) is 37.2. The van der Waals surface area contributed by atoms with Gasteiger partial charge in [-0.1, -0.05) is 0 Å². The average Bonchev–Trinajstić information content (AvgIpc) is 3.34. The fraction of sp³-hybridized carbons (Fsp3) is 0.115. The molecule has 0 saturated carbocycles. The minimum absolute atomic E-state index is 0.00780. The summed E-state index contributed by atoms with van der Waals surface area (Å²) in [5.74, 6) is 0.739. The van der Waals surface area contributed by atoms with Crippen LogP contribution < -0.4 is 24.4 Å². The summed E-state index contributed by atoms with van der Waals surface area (Å²) in [6.45, 7) is 1.69. The zero-order chi connectivity index (χ0) is 24.5. The van der Waals surface area contributed by atoms with Gasteiger partial charge in [0.15, 0.2) is 11.5 Å². The molecule has 35 heavy (non-hydrogen) atoms. The Labute approximate surface area is 198 Å². The lowest BCUT2D eigenvalue weighted by atomic mass is 10.2. The van der Waals surface area contributed by atoms with Crippen molar-refractivity contribution in [2.75, 3.05) is 13.9 Å².